The van der Waals surface area contributed by atoms with E-state index in [0.717, 1.165) is 6.04 Å². The third-order valence-electron chi connectivity index (χ3n) is 1.44. The third-order valence-corrected chi connectivity index (χ3v) is 1.44. The van der Waals surface area contributed by atoms with Crippen molar-refractivity contribution in [2.75, 3.05) is 0 Å². The van der Waals surface area contributed by atoms with Gasteiger partial charge in [0.1, 0.15) is 6.23 Å². The van der Waals surface area contributed by atoms with E-state index in [9.17, 15) is 0 Å². The minimum Gasteiger partial charge on any atom is -0.357 e. The van der Waals surface area contributed by atoms with E-state index in [-0.39, 0.29) is 0 Å². The Kier molecular flexibility index (Phi) is 0.316. The zero-order valence-corrected chi connectivity index (χ0v) is 3.64. The number of rotatable bonds is 0. The molecule has 0 aliphatic carbocycles. The molecule has 0 spiro atoms. The van der Waals surface area contributed by atoms with Gasteiger partial charge < -0.3 is 4.74 Å². The average Bonchev–Trinajstić information content (AvgIpc) is 2.12. The maximum Gasteiger partial charge on any atom is 0.127 e. The summed E-state index contributed by atoms with van der Waals surface area (Å²) in [5, 5.41) is 3.13. The summed E-state index contributed by atoms with van der Waals surface area (Å²) < 4.78 is 5.10. The molecule has 2 heteroatoms. The van der Waals surface area contributed by atoms with Crippen LogP contribution in [-0.2, 0) is 4.74 Å². The number of hydrogen-bond acceptors (Lipinski definition) is 2. The summed E-state index contributed by atoms with van der Waals surface area (Å²) in [6.07, 6.45) is 0.954. The van der Waals surface area contributed by atoms with Gasteiger partial charge in [-0.05, 0) is 6.92 Å². The summed E-state index contributed by atoms with van der Waals surface area (Å²) in [5.74, 6) is 0. The quantitative estimate of drug-likeness (QED) is 0.409. The fourth-order valence-electron chi connectivity index (χ4n) is 0.866. The van der Waals surface area contributed by atoms with Gasteiger partial charge >= 0.3 is 0 Å². The van der Waals surface area contributed by atoms with Gasteiger partial charge in [-0.2, -0.15) is 0 Å². The molecule has 2 heterocycles. The summed E-state index contributed by atoms with van der Waals surface area (Å²) in [5.41, 5.74) is 0. The Morgan fingerprint density at radius 3 is 2.50 bits per heavy atom. The zero-order valence-electron chi connectivity index (χ0n) is 3.64. The highest BCUT2D eigenvalue weighted by Crippen LogP contribution is 2.30. The molecule has 2 rings (SSSR count). The lowest BCUT2D eigenvalue weighted by atomic mass is 10.2. The van der Waals surface area contributed by atoms with Crippen LogP contribution in [0.25, 0.3) is 0 Å². The number of fused-ring (bicyclic) bond motifs is 1. The van der Waals surface area contributed by atoms with Crippen LogP contribution in [0.2, 0.25) is 0 Å². The summed E-state index contributed by atoms with van der Waals surface area (Å²) in [7, 11) is 0. The Labute approximate surface area is 36.5 Å². The van der Waals surface area contributed by atoms with Gasteiger partial charge in [-0.3, -0.25) is 5.32 Å². The van der Waals surface area contributed by atoms with Crippen LogP contribution in [0.1, 0.15) is 6.92 Å². The van der Waals surface area contributed by atoms with Crippen molar-refractivity contribution in [3.05, 3.63) is 0 Å². The van der Waals surface area contributed by atoms with Gasteiger partial charge in [0.2, 0.25) is 0 Å². The number of hydrogen-bond donors (Lipinski definition) is 1. The lowest BCUT2D eigenvalue weighted by Crippen LogP contribution is -2.29. The van der Waals surface area contributed by atoms with Gasteiger partial charge in [0, 0.05) is 0 Å². The molecule has 3 atom stereocenters. The molecule has 0 bridgehead atoms. The molecule has 2 aliphatic heterocycles. The predicted molar refractivity (Wildman–Crippen MR) is 21.3 cm³/mol. The van der Waals surface area contributed by atoms with E-state index in [0.29, 0.717) is 12.3 Å². The van der Waals surface area contributed by atoms with Crippen molar-refractivity contribution >= 4 is 0 Å². The van der Waals surface area contributed by atoms with Gasteiger partial charge in [0.05, 0.1) is 12.1 Å². The van der Waals surface area contributed by atoms with Crippen LogP contribution < -0.4 is 5.32 Å². The highest BCUT2D eigenvalue weighted by atomic mass is 16.6. The van der Waals surface area contributed by atoms with Crippen LogP contribution in [0, 0.1) is 0 Å². The van der Waals surface area contributed by atoms with Gasteiger partial charge in [0.25, 0.3) is 0 Å². The van der Waals surface area contributed by atoms with Crippen molar-refractivity contribution in [2.45, 2.75) is 25.3 Å². The van der Waals surface area contributed by atoms with Crippen molar-refractivity contribution in [1.82, 2.24) is 5.32 Å². The van der Waals surface area contributed by atoms with E-state index in [1.54, 1.807) is 0 Å². The van der Waals surface area contributed by atoms with Crippen LogP contribution in [-0.4, -0.2) is 18.4 Å². The molecule has 34 valence electrons. The highest BCUT2D eigenvalue weighted by molar-refractivity contribution is 5.04. The Bertz CT molecular complexity index is 83.6. The van der Waals surface area contributed by atoms with Crippen LogP contribution in [0.5, 0.6) is 0 Å². The van der Waals surface area contributed by atoms with Crippen LogP contribution in [0.15, 0.2) is 0 Å². The lowest BCUT2D eigenvalue weighted by molar-refractivity contribution is -0.0228. The normalized spacial score (nSPS) is 62.5. The molecular formula is C4H7NO. The van der Waals surface area contributed by atoms with Gasteiger partial charge in [-0.15, -0.1) is 0 Å². The summed E-state index contributed by atoms with van der Waals surface area (Å²) >= 11 is 0. The molecule has 2 saturated heterocycles. The summed E-state index contributed by atoms with van der Waals surface area (Å²) in [6, 6.07) is 0.727. The smallest absolute Gasteiger partial charge is 0.127 e. The van der Waals surface area contributed by atoms with Crippen LogP contribution >= 0.6 is 0 Å². The Hall–Kier alpha value is -0.0800. The first-order chi connectivity index (χ1) is 2.88. The molecule has 1 N–H and O–H groups in total. The van der Waals surface area contributed by atoms with E-state index in [1.165, 1.54) is 0 Å². The molecule has 0 saturated carbocycles. The number of ether oxygens (including phenoxy) is 1. The second-order valence-corrected chi connectivity index (χ2v) is 1.95. The average molecular weight is 85.1 g/mol. The monoisotopic (exact) mass is 85.1 g/mol. The van der Waals surface area contributed by atoms with Crippen molar-refractivity contribution in [3.8, 4) is 0 Å². The maximum atomic E-state index is 5.10. The van der Waals surface area contributed by atoms with E-state index in [4.69, 9.17) is 4.74 Å². The fraction of sp³-hybridized carbons (Fsp3) is 1.00. The van der Waals surface area contributed by atoms with E-state index < -0.39 is 0 Å². The fourth-order valence-corrected chi connectivity index (χ4v) is 0.866. The lowest BCUT2D eigenvalue weighted by Gasteiger charge is -2.16. The largest absolute Gasteiger partial charge is 0.357 e. The molecule has 6 heavy (non-hydrogen) atoms. The SMILES string of the molecule is CC1OC2NC12. The Morgan fingerprint density at radius 2 is 2.50 bits per heavy atom. The van der Waals surface area contributed by atoms with Gasteiger partial charge in [0.15, 0.2) is 0 Å². The second kappa shape index (κ2) is 0.634. The minimum absolute atomic E-state index is 0.458. The number of nitrogens with one attached hydrogen (secondary N) is 1. The van der Waals surface area contributed by atoms with Crippen molar-refractivity contribution in [3.63, 3.8) is 0 Å². The van der Waals surface area contributed by atoms with Crippen molar-refractivity contribution in [1.29, 1.82) is 0 Å². The van der Waals surface area contributed by atoms with Gasteiger partial charge in [-0.1, -0.05) is 0 Å². The molecule has 3 unspecified atom stereocenters. The second-order valence-electron chi connectivity index (χ2n) is 1.95. The van der Waals surface area contributed by atoms with E-state index in [2.05, 4.69) is 12.2 Å². The standard InChI is InChI=1S/C4H7NO/c1-2-3-4(5-3)6-2/h2-5H,1H3. The van der Waals surface area contributed by atoms with Crippen LogP contribution in [0.4, 0.5) is 0 Å². The van der Waals surface area contributed by atoms with E-state index >= 15 is 0 Å². The van der Waals surface area contributed by atoms with Crippen molar-refractivity contribution < 1.29 is 4.74 Å². The molecular weight excluding hydrogens is 78.0 g/mol. The molecule has 0 radical (unpaired) electrons. The molecule has 0 amide bonds. The predicted octanol–water partition coefficient (Wildman–Crippen LogP) is -0.297. The Balaban J connectivity index is 2.08. The molecule has 2 aliphatic rings. The molecule has 0 aromatic rings. The molecule has 0 aromatic heterocycles. The summed E-state index contributed by atoms with van der Waals surface area (Å²) in [6.45, 7) is 2.08. The first kappa shape index (κ1) is 2.99. The van der Waals surface area contributed by atoms with Crippen LogP contribution in [0.3, 0.4) is 0 Å². The minimum atomic E-state index is 0.458. The zero-order chi connectivity index (χ0) is 4.15. The van der Waals surface area contributed by atoms with E-state index in [1.807, 2.05) is 0 Å². The Morgan fingerprint density at radius 1 is 1.67 bits per heavy atom. The van der Waals surface area contributed by atoms with Gasteiger partial charge in [-0.25, -0.2) is 0 Å². The third kappa shape index (κ3) is 0.172. The first-order valence-electron chi connectivity index (χ1n) is 2.29. The molecule has 0 aromatic carbocycles. The molecule has 2 nitrogen and oxygen atoms in total. The van der Waals surface area contributed by atoms with Crippen molar-refractivity contribution in [2.24, 2.45) is 0 Å². The first-order valence-corrected chi connectivity index (χ1v) is 2.29. The topological polar surface area (TPSA) is 31.2 Å². The maximum absolute atomic E-state index is 5.10. The highest BCUT2D eigenvalue weighted by Gasteiger charge is 2.52. The molecule has 2 fully saturated rings. The summed E-state index contributed by atoms with van der Waals surface area (Å²) in [4.78, 5) is 0.